The monoisotopic (exact) mass is 250 g/mol. The van der Waals surface area contributed by atoms with Gasteiger partial charge in [0.25, 0.3) is 0 Å². The first-order valence-corrected chi connectivity index (χ1v) is 4.42. The summed E-state index contributed by atoms with van der Waals surface area (Å²) < 4.78 is 4.60. The highest BCUT2D eigenvalue weighted by Crippen LogP contribution is 2.17. The maximum atomic E-state index is 11.3. The van der Waals surface area contributed by atoms with E-state index in [2.05, 4.69) is 9.72 Å². The molecule has 6 heteroatoms. The maximum absolute atomic E-state index is 11.3. The summed E-state index contributed by atoms with van der Waals surface area (Å²) in [5, 5.41) is 0.359. The Balaban J connectivity index is 0.00000196. The number of hydrogen-bond donors (Lipinski definition) is 1. The smallest absolute Gasteiger partial charge is 0.339 e. The molecule has 0 aliphatic carbocycles. The Bertz CT molecular complexity index is 369. The topological polar surface area (TPSA) is 65.2 Å². The van der Waals surface area contributed by atoms with E-state index in [1.54, 1.807) is 13.0 Å². The highest BCUT2D eigenvalue weighted by molar-refractivity contribution is 6.30. The first-order chi connectivity index (χ1) is 6.60. The van der Waals surface area contributed by atoms with Gasteiger partial charge in [-0.2, -0.15) is 0 Å². The Morgan fingerprint density at radius 2 is 2.27 bits per heavy atom. The Morgan fingerprint density at radius 1 is 1.67 bits per heavy atom. The molecule has 1 rings (SSSR count). The molecule has 0 aliphatic rings. The van der Waals surface area contributed by atoms with Gasteiger partial charge in [0.05, 0.1) is 18.4 Å². The molecule has 4 nitrogen and oxygen atoms in total. The van der Waals surface area contributed by atoms with Crippen LogP contribution in [-0.4, -0.2) is 18.1 Å². The van der Waals surface area contributed by atoms with E-state index >= 15 is 0 Å². The van der Waals surface area contributed by atoms with E-state index in [-0.39, 0.29) is 19.0 Å². The summed E-state index contributed by atoms with van der Waals surface area (Å²) in [6.07, 6.45) is 0. The van der Waals surface area contributed by atoms with Crippen LogP contribution in [0.15, 0.2) is 6.07 Å². The molecule has 0 saturated carbocycles. The van der Waals surface area contributed by atoms with Crippen molar-refractivity contribution in [3.63, 3.8) is 0 Å². The van der Waals surface area contributed by atoms with Crippen molar-refractivity contribution < 1.29 is 9.53 Å². The van der Waals surface area contributed by atoms with Crippen LogP contribution in [0.1, 0.15) is 21.6 Å². The molecule has 0 aromatic carbocycles. The van der Waals surface area contributed by atoms with Crippen LogP contribution in [-0.2, 0) is 11.3 Å². The average molecular weight is 251 g/mol. The molecule has 0 bridgehead atoms. The van der Waals surface area contributed by atoms with E-state index in [4.69, 9.17) is 17.3 Å². The van der Waals surface area contributed by atoms with Gasteiger partial charge in [-0.3, -0.25) is 0 Å². The van der Waals surface area contributed by atoms with E-state index in [9.17, 15) is 4.79 Å². The standard InChI is InChI=1S/C9H11ClN2O2.ClH/c1-5-3-6(9(13)14-2)7(4-11)12-8(5)10;/h3H,4,11H2,1-2H3;1H. The van der Waals surface area contributed by atoms with Gasteiger partial charge in [-0.05, 0) is 18.6 Å². The summed E-state index contributed by atoms with van der Waals surface area (Å²) in [7, 11) is 1.31. The zero-order chi connectivity index (χ0) is 10.7. The minimum absolute atomic E-state index is 0. The van der Waals surface area contributed by atoms with Crippen LogP contribution in [0.25, 0.3) is 0 Å². The molecule has 84 valence electrons. The first-order valence-electron chi connectivity index (χ1n) is 4.04. The molecule has 1 aromatic rings. The number of halogens is 2. The Hall–Kier alpha value is -0.840. The molecule has 0 saturated heterocycles. The van der Waals surface area contributed by atoms with Gasteiger partial charge >= 0.3 is 5.97 Å². The van der Waals surface area contributed by atoms with E-state index in [1.165, 1.54) is 7.11 Å². The van der Waals surface area contributed by atoms with Gasteiger partial charge < -0.3 is 10.5 Å². The third kappa shape index (κ3) is 3.06. The summed E-state index contributed by atoms with van der Waals surface area (Å²) in [5.74, 6) is -0.447. The molecular formula is C9H12Cl2N2O2. The lowest BCUT2D eigenvalue weighted by molar-refractivity contribution is 0.0599. The third-order valence-electron chi connectivity index (χ3n) is 1.83. The highest BCUT2D eigenvalue weighted by Gasteiger charge is 2.14. The van der Waals surface area contributed by atoms with Crippen molar-refractivity contribution in [2.24, 2.45) is 5.73 Å². The number of carbonyl (C=O) groups is 1. The van der Waals surface area contributed by atoms with Crippen molar-refractivity contribution in [2.75, 3.05) is 7.11 Å². The second kappa shape index (κ2) is 5.90. The fraction of sp³-hybridized carbons (Fsp3) is 0.333. The molecule has 0 spiro atoms. The Morgan fingerprint density at radius 3 is 2.73 bits per heavy atom. The van der Waals surface area contributed by atoms with Crippen molar-refractivity contribution in [1.29, 1.82) is 0 Å². The Kier molecular flexibility index (Phi) is 5.57. The van der Waals surface area contributed by atoms with E-state index < -0.39 is 5.97 Å². The van der Waals surface area contributed by atoms with Crippen LogP contribution >= 0.6 is 24.0 Å². The zero-order valence-corrected chi connectivity index (χ0v) is 9.98. The number of pyridine rings is 1. The van der Waals surface area contributed by atoms with Crippen molar-refractivity contribution in [1.82, 2.24) is 4.98 Å². The number of methoxy groups -OCH3 is 1. The molecule has 0 unspecified atom stereocenters. The molecule has 0 radical (unpaired) electrons. The van der Waals surface area contributed by atoms with Crippen LogP contribution in [0.3, 0.4) is 0 Å². The molecule has 0 atom stereocenters. The predicted molar refractivity (Wildman–Crippen MR) is 60.5 cm³/mol. The fourth-order valence-corrected chi connectivity index (χ4v) is 1.23. The van der Waals surface area contributed by atoms with Gasteiger partial charge in [-0.25, -0.2) is 9.78 Å². The van der Waals surface area contributed by atoms with Gasteiger partial charge in [0, 0.05) is 6.54 Å². The van der Waals surface area contributed by atoms with Crippen LogP contribution < -0.4 is 5.73 Å². The molecule has 2 N–H and O–H groups in total. The van der Waals surface area contributed by atoms with Crippen LogP contribution in [0.2, 0.25) is 5.15 Å². The second-order valence-corrected chi connectivity index (χ2v) is 3.14. The third-order valence-corrected chi connectivity index (χ3v) is 2.21. The van der Waals surface area contributed by atoms with Gasteiger partial charge in [-0.1, -0.05) is 11.6 Å². The molecule has 15 heavy (non-hydrogen) atoms. The van der Waals surface area contributed by atoms with Gasteiger partial charge in [0.2, 0.25) is 0 Å². The summed E-state index contributed by atoms with van der Waals surface area (Å²) in [6.45, 7) is 1.92. The minimum Gasteiger partial charge on any atom is -0.465 e. The van der Waals surface area contributed by atoms with Crippen molar-refractivity contribution in [3.8, 4) is 0 Å². The summed E-state index contributed by atoms with van der Waals surface area (Å²) in [4.78, 5) is 15.3. The maximum Gasteiger partial charge on any atom is 0.339 e. The number of carbonyl (C=O) groups excluding carboxylic acids is 1. The fourth-order valence-electron chi connectivity index (χ4n) is 1.07. The normalized spacial score (nSPS) is 9.33. The number of aryl methyl sites for hydroxylation is 1. The summed E-state index contributed by atoms with van der Waals surface area (Å²) in [6, 6.07) is 1.63. The molecule has 1 aromatic heterocycles. The highest BCUT2D eigenvalue weighted by atomic mass is 35.5. The lowest BCUT2D eigenvalue weighted by Crippen LogP contribution is -2.11. The quantitative estimate of drug-likeness (QED) is 0.641. The number of hydrogen-bond acceptors (Lipinski definition) is 4. The lowest BCUT2D eigenvalue weighted by Gasteiger charge is -2.07. The minimum atomic E-state index is -0.447. The number of aromatic nitrogens is 1. The molecule has 0 aliphatic heterocycles. The predicted octanol–water partition coefficient (Wildman–Crippen LogP) is 1.71. The van der Waals surface area contributed by atoms with Crippen molar-refractivity contribution >= 4 is 30.0 Å². The first kappa shape index (κ1) is 14.2. The van der Waals surface area contributed by atoms with Crippen molar-refractivity contribution in [3.05, 3.63) is 28.0 Å². The number of nitrogens with two attached hydrogens (primary N) is 1. The van der Waals surface area contributed by atoms with Crippen LogP contribution in [0, 0.1) is 6.92 Å². The molecular weight excluding hydrogens is 239 g/mol. The van der Waals surface area contributed by atoms with E-state index in [1.807, 2.05) is 0 Å². The Labute approximate surface area is 99.2 Å². The SMILES string of the molecule is COC(=O)c1cc(C)c(Cl)nc1CN.Cl. The largest absolute Gasteiger partial charge is 0.465 e. The van der Waals surface area contributed by atoms with Gasteiger partial charge in [0.15, 0.2) is 0 Å². The summed E-state index contributed by atoms with van der Waals surface area (Å²) >= 11 is 5.79. The van der Waals surface area contributed by atoms with Crippen LogP contribution in [0.5, 0.6) is 0 Å². The van der Waals surface area contributed by atoms with Gasteiger partial charge in [-0.15, -0.1) is 12.4 Å². The number of esters is 1. The second-order valence-electron chi connectivity index (χ2n) is 2.79. The van der Waals surface area contributed by atoms with E-state index in [0.29, 0.717) is 16.4 Å². The van der Waals surface area contributed by atoms with Crippen molar-refractivity contribution in [2.45, 2.75) is 13.5 Å². The molecule has 0 amide bonds. The number of nitrogens with zero attached hydrogens (tertiary/aromatic N) is 1. The molecule has 1 heterocycles. The average Bonchev–Trinajstić information content (AvgIpc) is 2.20. The number of rotatable bonds is 2. The van der Waals surface area contributed by atoms with Crippen LogP contribution in [0.4, 0.5) is 0 Å². The molecule has 0 fully saturated rings. The number of ether oxygens (including phenoxy) is 1. The van der Waals surface area contributed by atoms with Gasteiger partial charge in [0.1, 0.15) is 5.15 Å². The lowest BCUT2D eigenvalue weighted by atomic mass is 10.1. The zero-order valence-electron chi connectivity index (χ0n) is 8.41. The van der Waals surface area contributed by atoms with E-state index in [0.717, 1.165) is 5.56 Å². The summed E-state index contributed by atoms with van der Waals surface area (Å²) in [5.41, 5.74) is 6.98.